The van der Waals surface area contributed by atoms with Gasteiger partial charge in [-0.1, -0.05) is 48.5 Å². The Bertz CT molecular complexity index is 1000. The zero-order valence-corrected chi connectivity index (χ0v) is 17.7. The van der Waals surface area contributed by atoms with Crippen LogP contribution in [0.1, 0.15) is 41.3 Å². The van der Waals surface area contributed by atoms with Crippen molar-refractivity contribution in [1.82, 2.24) is 10.3 Å². The summed E-state index contributed by atoms with van der Waals surface area (Å²) in [5.41, 5.74) is -0.181. The average molecular weight is 454 g/mol. The summed E-state index contributed by atoms with van der Waals surface area (Å²) in [6, 6.07) is 8.70. The van der Waals surface area contributed by atoms with Crippen LogP contribution < -0.4 is 5.32 Å². The van der Waals surface area contributed by atoms with Gasteiger partial charge in [-0.25, -0.2) is 4.98 Å². The van der Waals surface area contributed by atoms with Gasteiger partial charge in [0.2, 0.25) is 5.91 Å². The number of hydrogen-bond acceptors (Lipinski definition) is 4. The van der Waals surface area contributed by atoms with E-state index in [4.69, 9.17) is 11.6 Å². The zero-order chi connectivity index (χ0) is 21.9. The van der Waals surface area contributed by atoms with Crippen LogP contribution in [0.2, 0.25) is 5.02 Å². The van der Waals surface area contributed by atoms with Gasteiger partial charge in [0.1, 0.15) is 11.1 Å². The normalized spacial score (nSPS) is 15.9. The summed E-state index contributed by atoms with van der Waals surface area (Å²) in [4.78, 5) is 16.5. The lowest BCUT2D eigenvalue weighted by Crippen LogP contribution is -2.25. The van der Waals surface area contributed by atoms with Crippen LogP contribution >= 0.6 is 23.4 Å². The maximum atomic E-state index is 13.8. The van der Waals surface area contributed by atoms with Crippen molar-refractivity contribution in [1.29, 1.82) is 5.26 Å². The van der Waals surface area contributed by atoms with E-state index in [1.54, 1.807) is 30.3 Å². The number of amides is 1. The van der Waals surface area contributed by atoms with Crippen LogP contribution in [0.15, 0.2) is 29.3 Å². The number of nitrogens with zero attached hydrogens (tertiary/aromatic N) is 2. The summed E-state index contributed by atoms with van der Waals surface area (Å²) >= 11 is 6.89. The molecule has 1 aromatic carbocycles. The van der Waals surface area contributed by atoms with Gasteiger partial charge in [-0.3, -0.25) is 4.79 Å². The van der Waals surface area contributed by atoms with Gasteiger partial charge in [-0.15, -0.1) is 0 Å². The molecule has 1 amide bonds. The predicted octanol–water partition coefficient (Wildman–Crippen LogP) is 5.16. The first-order valence-corrected chi connectivity index (χ1v) is 10.7. The molecule has 1 heterocycles. The molecule has 0 aliphatic heterocycles. The molecule has 1 atom stereocenters. The van der Waals surface area contributed by atoms with Crippen LogP contribution in [0.4, 0.5) is 13.2 Å². The van der Waals surface area contributed by atoms with Crippen molar-refractivity contribution in [2.45, 2.75) is 43.9 Å². The van der Waals surface area contributed by atoms with Crippen LogP contribution in [-0.4, -0.2) is 16.6 Å². The molecule has 2 aromatic rings. The Morgan fingerprint density at radius 3 is 2.80 bits per heavy atom. The smallest absolute Gasteiger partial charge is 0.351 e. The molecule has 0 radical (unpaired) electrons. The average Bonchev–Trinajstić information content (AvgIpc) is 2.69. The Kier molecular flexibility index (Phi) is 6.94. The first-order valence-electron chi connectivity index (χ1n) is 9.36. The summed E-state index contributed by atoms with van der Waals surface area (Å²) in [7, 11) is 0. The highest BCUT2D eigenvalue weighted by atomic mass is 35.5. The van der Waals surface area contributed by atoms with Gasteiger partial charge in [-0.05, 0) is 42.4 Å². The van der Waals surface area contributed by atoms with Crippen molar-refractivity contribution in [3.05, 3.63) is 57.2 Å². The molecule has 1 aromatic heterocycles. The first-order chi connectivity index (χ1) is 14.2. The highest BCUT2D eigenvalue weighted by Gasteiger charge is 2.40. The van der Waals surface area contributed by atoms with Crippen LogP contribution in [-0.2, 0) is 30.4 Å². The largest absolute Gasteiger partial charge is 0.418 e. The number of pyridine rings is 1. The van der Waals surface area contributed by atoms with Crippen molar-refractivity contribution in [3.63, 3.8) is 0 Å². The Hall–Kier alpha value is -2.24. The number of carbonyl (C=O) groups is 1. The van der Waals surface area contributed by atoms with E-state index in [9.17, 15) is 23.2 Å². The van der Waals surface area contributed by atoms with E-state index < -0.39 is 17.3 Å². The van der Waals surface area contributed by atoms with Gasteiger partial charge in [0.25, 0.3) is 0 Å². The molecule has 0 saturated heterocycles. The number of nitrogens with one attached hydrogen (secondary N) is 1. The second-order valence-corrected chi connectivity index (χ2v) is 8.58. The fraction of sp³-hybridized carbons (Fsp3) is 0.381. The van der Waals surface area contributed by atoms with E-state index >= 15 is 0 Å². The number of carbonyl (C=O) groups excluding carboxylic acids is 1. The predicted molar refractivity (Wildman–Crippen MR) is 109 cm³/mol. The molecule has 0 bridgehead atoms. The molecule has 9 heteroatoms. The topological polar surface area (TPSA) is 65.8 Å². The minimum absolute atomic E-state index is 0.0500. The molecule has 1 aliphatic rings. The summed E-state index contributed by atoms with van der Waals surface area (Å²) in [6.07, 6.45) is -3.24. The maximum Gasteiger partial charge on any atom is 0.418 e. The monoisotopic (exact) mass is 453 g/mol. The summed E-state index contributed by atoms with van der Waals surface area (Å²) in [6.45, 7) is 2.09. The number of aryl methyl sites for hydroxylation is 1. The minimum atomic E-state index is -4.66. The number of aromatic nitrogens is 1. The molecule has 1 N–H and O–H groups in total. The van der Waals surface area contributed by atoms with Gasteiger partial charge < -0.3 is 5.32 Å². The molecular weight excluding hydrogens is 435 g/mol. The lowest BCUT2D eigenvalue weighted by Gasteiger charge is -2.26. The summed E-state index contributed by atoms with van der Waals surface area (Å²) < 4.78 is 41.4. The zero-order valence-electron chi connectivity index (χ0n) is 16.1. The third-order valence-electron chi connectivity index (χ3n) is 4.95. The van der Waals surface area contributed by atoms with E-state index in [1.807, 2.05) is 6.92 Å². The van der Waals surface area contributed by atoms with E-state index in [1.165, 1.54) is 0 Å². The second-order valence-electron chi connectivity index (χ2n) is 7.21. The Morgan fingerprint density at radius 2 is 2.13 bits per heavy atom. The van der Waals surface area contributed by atoms with Crippen molar-refractivity contribution < 1.29 is 18.0 Å². The van der Waals surface area contributed by atoms with E-state index in [2.05, 4.69) is 10.3 Å². The molecule has 3 rings (SSSR count). The van der Waals surface area contributed by atoms with Crippen LogP contribution in [0.25, 0.3) is 0 Å². The molecule has 1 aliphatic carbocycles. The molecule has 0 saturated carbocycles. The minimum Gasteiger partial charge on any atom is -0.351 e. The van der Waals surface area contributed by atoms with Gasteiger partial charge in [0, 0.05) is 17.3 Å². The maximum absolute atomic E-state index is 13.8. The van der Waals surface area contributed by atoms with Gasteiger partial charge >= 0.3 is 6.18 Å². The van der Waals surface area contributed by atoms with Crippen molar-refractivity contribution >= 4 is 29.3 Å². The molecular formula is C21H19ClF3N3OS. The number of rotatable bonds is 5. The van der Waals surface area contributed by atoms with Gasteiger partial charge in [0.05, 0.1) is 16.9 Å². The van der Waals surface area contributed by atoms with Gasteiger partial charge in [0.15, 0.2) is 0 Å². The fourth-order valence-electron chi connectivity index (χ4n) is 3.45. The standard InChI is InChI=1S/C21H19ClF3N3OS/c1-12-6-7-17-14(8-12)19(21(23,24)25)15(9-26)20(28-17)30-11-18(29)27-10-13-4-2-3-5-16(13)22/h2-5,12H,6-8,10-11H2,1H3,(H,27,29)/t12-/m1/s1. The SMILES string of the molecule is C[C@@H]1CCc2nc(SCC(=O)NCc3ccccc3Cl)c(C#N)c(C(F)(F)F)c2C1. The third kappa shape index (κ3) is 5.08. The molecule has 0 spiro atoms. The van der Waals surface area contributed by atoms with Crippen LogP contribution in [0.3, 0.4) is 0 Å². The Balaban J connectivity index is 1.80. The number of nitriles is 1. The quantitative estimate of drug-likeness (QED) is 0.635. The molecule has 0 unspecified atom stereocenters. The lowest BCUT2D eigenvalue weighted by molar-refractivity contribution is -0.138. The number of alkyl halides is 3. The number of benzene rings is 1. The molecule has 4 nitrogen and oxygen atoms in total. The molecule has 0 fully saturated rings. The number of hydrogen-bond donors (Lipinski definition) is 1. The molecule has 30 heavy (non-hydrogen) atoms. The fourth-order valence-corrected chi connectivity index (χ4v) is 4.49. The van der Waals surface area contributed by atoms with Crippen LogP contribution in [0, 0.1) is 17.2 Å². The van der Waals surface area contributed by atoms with Gasteiger partial charge in [-0.2, -0.15) is 18.4 Å². The van der Waals surface area contributed by atoms with Crippen molar-refractivity contribution in [2.75, 3.05) is 5.75 Å². The van der Waals surface area contributed by atoms with Crippen LogP contribution in [0.5, 0.6) is 0 Å². The first kappa shape index (κ1) is 22.4. The van der Waals surface area contributed by atoms with Crippen molar-refractivity contribution in [2.24, 2.45) is 5.92 Å². The highest BCUT2D eigenvalue weighted by molar-refractivity contribution is 8.00. The summed E-state index contributed by atoms with van der Waals surface area (Å²) in [5.74, 6) is -0.440. The highest BCUT2D eigenvalue weighted by Crippen LogP contribution is 2.41. The number of thioether (sulfide) groups is 1. The Labute approximate surface area is 181 Å². The van der Waals surface area contributed by atoms with E-state index in [0.717, 1.165) is 23.7 Å². The summed E-state index contributed by atoms with van der Waals surface area (Å²) in [5, 5.41) is 12.6. The second kappa shape index (κ2) is 9.27. The Morgan fingerprint density at radius 1 is 1.40 bits per heavy atom. The van der Waals surface area contributed by atoms with E-state index in [0.29, 0.717) is 17.1 Å². The third-order valence-corrected chi connectivity index (χ3v) is 6.29. The molecule has 158 valence electrons. The lowest BCUT2D eigenvalue weighted by atomic mass is 9.84. The van der Waals surface area contributed by atoms with E-state index in [-0.39, 0.29) is 41.1 Å². The van der Waals surface area contributed by atoms with Crippen molar-refractivity contribution in [3.8, 4) is 6.07 Å². The number of fused-ring (bicyclic) bond motifs is 1. The number of halogens is 4.